The maximum Gasteiger partial charge on any atom is 0.410 e. The fourth-order valence-corrected chi connectivity index (χ4v) is 3.32. The highest BCUT2D eigenvalue weighted by atomic mass is 16.6. The van der Waals surface area contributed by atoms with Gasteiger partial charge in [-0.2, -0.15) is 5.10 Å². The number of amides is 3. The lowest BCUT2D eigenvalue weighted by Gasteiger charge is -2.35. The van der Waals surface area contributed by atoms with E-state index in [1.54, 1.807) is 16.0 Å². The molecule has 8 heteroatoms. The summed E-state index contributed by atoms with van der Waals surface area (Å²) < 4.78 is 6.88. The number of aromatic nitrogens is 2. The van der Waals surface area contributed by atoms with Crippen LogP contribution in [0.4, 0.5) is 9.59 Å². The Morgan fingerprint density at radius 1 is 1.23 bits per heavy atom. The molecule has 0 radical (unpaired) electrons. The molecule has 1 aromatic carbocycles. The highest BCUT2D eigenvalue weighted by Gasteiger charge is 2.38. The van der Waals surface area contributed by atoms with E-state index in [-0.39, 0.29) is 18.2 Å². The van der Waals surface area contributed by atoms with E-state index in [2.05, 4.69) is 22.5 Å². The molecule has 3 heterocycles. The molecule has 1 aromatic heterocycles. The summed E-state index contributed by atoms with van der Waals surface area (Å²) in [4.78, 5) is 27.3. The maximum absolute atomic E-state index is 12.4. The van der Waals surface area contributed by atoms with E-state index in [4.69, 9.17) is 4.74 Å². The fraction of sp³-hybridized carbons (Fsp3) is 0.389. The van der Waals surface area contributed by atoms with Gasteiger partial charge in [-0.1, -0.05) is 30.3 Å². The van der Waals surface area contributed by atoms with E-state index < -0.39 is 0 Å². The zero-order chi connectivity index (χ0) is 17.9. The first-order valence-corrected chi connectivity index (χ1v) is 8.70. The lowest BCUT2D eigenvalue weighted by molar-refractivity contribution is 0.127. The average Bonchev–Trinajstić information content (AvgIpc) is 3.27. The van der Waals surface area contributed by atoms with Crippen LogP contribution in [0.3, 0.4) is 0 Å². The van der Waals surface area contributed by atoms with Crippen LogP contribution in [0.5, 0.6) is 0 Å². The topological polar surface area (TPSA) is 79.7 Å². The molecule has 2 aromatic rings. The highest BCUT2D eigenvalue weighted by molar-refractivity contribution is 5.75. The van der Waals surface area contributed by atoms with Crippen molar-refractivity contribution >= 4 is 12.1 Å². The van der Waals surface area contributed by atoms with Crippen molar-refractivity contribution in [2.45, 2.75) is 19.1 Å². The number of ether oxygens (including phenoxy) is 1. The lowest BCUT2D eigenvalue weighted by Crippen LogP contribution is -2.55. The third-order valence-electron chi connectivity index (χ3n) is 4.72. The largest absolute Gasteiger partial charge is 0.447 e. The van der Waals surface area contributed by atoms with Gasteiger partial charge in [-0.25, -0.2) is 9.59 Å². The number of cyclic esters (lactones) is 1. The second-order valence-electron chi connectivity index (χ2n) is 6.56. The molecule has 1 N–H and O–H groups in total. The maximum atomic E-state index is 12.4. The fourth-order valence-electron chi connectivity index (χ4n) is 3.32. The van der Waals surface area contributed by atoms with Crippen molar-refractivity contribution in [1.82, 2.24) is 24.9 Å². The number of benzene rings is 1. The Morgan fingerprint density at radius 3 is 2.92 bits per heavy atom. The molecule has 2 fully saturated rings. The van der Waals surface area contributed by atoms with Crippen molar-refractivity contribution in [1.29, 1.82) is 0 Å². The van der Waals surface area contributed by atoms with Gasteiger partial charge in [0.15, 0.2) is 0 Å². The first kappa shape index (κ1) is 16.4. The quantitative estimate of drug-likeness (QED) is 0.896. The molecule has 136 valence electrons. The molecule has 26 heavy (non-hydrogen) atoms. The number of fused-ring (bicyclic) bond motifs is 1. The third-order valence-corrected chi connectivity index (χ3v) is 4.72. The molecule has 8 nitrogen and oxygen atoms in total. The van der Waals surface area contributed by atoms with Gasteiger partial charge >= 0.3 is 12.1 Å². The van der Waals surface area contributed by atoms with Crippen LogP contribution in [0, 0.1) is 0 Å². The molecule has 0 spiro atoms. The number of hydrogen-bond acceptors (Lipinski definition) is 4. The number of rotatable bonds is 4. The molecule has 0 unspecified atom stereocenters. The molecule has 0 saturated carbocycles. The number of hydrogen-bond donors (Lipinski definition) is 1. The van der Waals surface area contributed by atoms with Gasteiger partial charge < -0.3 is 15.0 Å². The standard InChI is InChI=1S/C18H21N5O3/c24-17(21-6-7-23-16(12-21)13-26-18(23)25)19-8-15-9-20-22(11-15)10-14-4-2-1-3-5-14/h1-5,9,11,16H,6-8,10,12-13H2,(H,19,24)/t16-/m0/s1. The first-order valence-electron chi connectivity index (χ1n) is 8.70. The minimum atomic E-state index is -0.277. The molecule has 2 saturated heterocycles. The monoisotopic (exact) mass is 355 g/mol. The Labute approximate surface area is 151 Å². The van der Waals surface area contributed by atoms with E-state index in [0.717, 1.165) is 5.56 Å². The van der Waals surface area contributed by atoms with Crippen molar-refractivity contribution < 1.29 is 14.3 Å². The summed E-state index contributed by atoms with van der Waals surface area (Å²) in [6.45, 7) is 3.02. The molecule has 2 aliphatic rings. The number of nitrogens with one attached hydrogen (secondary N) is 1. The molecule has 4 rings (SSSR count). The Hall–Kier alpha value is -3.03. The number of carbonyl (C=O) groups excluding carboxylic acids is 2. The van der Waals surface area contributed by atoms with Crippen LogP contribution in [0.2, 0.25) is 0 Å². The van der Waals surface area contributed by atoms with Gasteiger partial charge in [0.1, 0.15) is 6.61 Å². The van der Waals surface area contributed by atoms with Crippen LogP contribution >= 0.6 is 0 Å². The number of nitrogens with zero attached hydrogens (tertiary/aromatic N) is 4. The molecule has 2 aliphatic heterocycles. The van der Waals surface area contributed by atoms with Gasteiger partial charge in [0.2, 0.25) is 0 Å². The van der Waals surface area contributed by atoms with Crippen LogP contribution in [-0.2, 0) is 17.8 Å². The Kier molecular flexibility index (Phi) is 4.47. The summed E-state index contributed by atoms with van der Waals surface area (Å²) in [5.41, 5.74) is 2.13. The molecule has 1 atom stereocenters. The zero-order valence-electron chi connectivity index (χ0n) is 14.4. The summed E-state index contributed by atoms with van der Waals surface area (Å²) in [5, 5.41) is 7.27. The molecule has 3 amide bonds. The van der Waals surface area contributed by atoms with Crippen LogP contribution in [0.1, 0.15) is 11.1 Å². The van der Waals surface area contributed by atoms with E-state index in [1.165, 1.54) is 5.56 Å². The summed E-state index contributed by atoms with van der Waals surface area (Å²) in [5.74, 6) is 0. The normalized spacial score (nSPS) is 19.2. The van der Waals surface area contributed by atoms with Gasteiger partial charge in [-0.3, -0.25) is 9.58 Å². The van der Waals surface area contributed by atoms with Gasteiger partial charge in [0.05, 0.1) is 18.8 Å². The predicted octanol–water partition coefficient (Wildman–Crippen LogP) is 1.28. The summed E-state index contributed by atoms with van der Waals surface area (Å²) in [6, 6.07) is 9.95. The Bertz CT molecular complexity index is 791. The average molecular weight is 355 g/mol. The second-order valence-corrected chi connectivity index (χ2v) is 6.56. The van der Waals surface area contributed by atoms with Crippen LogP contribution in [-0.4, -0.2) is 64.0 Å². The minimum absolute atomic E-state index is 0.0318. The second kappa shape index (κ2) is 7.07. The SMILES string of the molecule is O=C(NCc1cnn(Cc2ccccc2)c1)N1CCN2C(=O)OC[C@@H]2C1. The van der Waals surface area contributed by atoms with E-state index in [0.29, 0.717) is 39.3 Å². The van der Waals surface area contributed by atoms with Crippen LogP contribution in [0.25, 0.3) is 0 Å². The summed E-state index contributed by atoms with van der Waals surface area (Å²) >= 11 is 0. The zero-order valence-corrected chi connectivity index (χ0v) is 14.4. The van der Waals surface area contributed by atoms with Crippen LogP contribution < -0.4 is 5.32 Å². The van der Waals surface area contributed by atoms with Gasteiger partial charge in [0.25, 0.3) is 0 Å². The van der Waals surface area contributed by atoms with E-state index >= 15 is 0 Å². The molecular weight excluding hydrogens is 334 g/mol. The first-order chi connectivity index (χ1) is 12.7. The number of carbonyl (C=O) groups is 2. The highest BCUT2D eigenvalue weighted by Crippen LogP contribution is 2.17. The summed E-state index contributed by atoms with van der Waals surface area (Å²) in [7, 11) is 0. The molecule has 0 aliphatic carbocycles. The number of urea groups is 1. The summed E-state index contributed by atoms with van der Waals surface area (Å²) in [6.07, 6.45) is 3.43. The van der Waals surface area contributed by atoms with Gasteiger partial charge in [0, 0.05) is 37.9 Å². The van der Waals surface area contributed by atoms with Crippen molar-refractivity contribution in [3.63, 3.8) is 0 Å². The van der Waals surface area contributed by atoms with Crippen LogP contribution in [0.15, 0.2) is 42.7 Å². The van der Waals surface area contributed by atoms with Gasteiger partial charge in [-0.15, -0.1) is 0 Å². The van der Waals surface area contributed by atoms with Crippen molar-refractivity contribution in [3.8, 4) is 0 Å². The lowest BCUT2D eigenvalue weighted by atomic mass is 10.2. The Balaban J connectivity index is 1.28. The van der Waals surface area contributed by atoms with Gasteiger partial charge in [-0.05, 0) is 5.56 Å². The molecular formula is C18H21N5O3. The van der Waals surface area contributed by atoms with E-state index in [1.807, 2.05) is 29.1 Å². The van der Waals surface area contributed by atoms with E-state index in [9.17, 15) is 9.59 Å². The smallest absolute Gasteiger partial charge is 0.410 e. The third kappa shape index (κ3) is 3.49. The Morgan fingerprint density at radius 2 is 2.08 bits per heavy atom. The minimum Gasteiger partial charge on any atom is -0.447 e. The van der Waals surface area contributed by atoms with Crippen molar-refractivity contribution in [3.05, 3.63) is 53.9 Å². The van der Waals surface area contributed by atoms with Crippen molar-refractivity contribution in [2.24, 2.45) is 0 Å². The molecule has 0 bridgehead atoms. The predicted molar refractivity (Wildman–Crippen MR) is 93.4 cm³/mol. The number of piperazine rings is 1. The van der Waals surface area contributed by atoms with Crippen molar-refractivity contribution in [2.75, 3.05) is 26.2 Å².